The van der Waals surface area contributed by atoms with Gasteiger partial charge in [-0.1, -0.05) is 6.07 Å². The molecule has 0 fully saturated rings. The first-order valence-electron chi connectivity index (χ1n) is 3.77. The molecule has 0 saturated carbocycles. The Balaban J connectivity index is 2.90. The first-order valence-corrected chi connectivity index (χ1v) is 5.66. The summed E-state index contributed by atoms with van der Waals surface area (Å²) in [5.41, 5.74) is 1.43. The van der Waals surface area contributed by atoms with Crippen molar-refractivity contribution in [2.75, 3.05) is 17.1 Å². The van der Waals surface area contributed by atoms with Gasteiger partial charge in [-0.25, -0.2) is 8.42 Å². The lowest BCUT2D eigenvalue weighted by Crippen LogP contribution is -2.11. The van der Waals surface area contributed by atoms with Crippen LogP contribution in [0.3, 0.4) is 0 Å². The van der Waals surface area contributed by atoms with Gasteiger partial charge in [-0.15, -0.1) is 0 Å². The van der Waals surface area contributed by atoms with Gasteiger partial charge in [0.15, 0.2) is 9.87 Å². The van der Waals surface area contributed by atoms with Crippen molar-refractivity contribution in [2.45, 2.75) is 0 Å². The number of benzene rings is 1. The lowest BCUT2D eigenvalue weighted by atomic mass is 10.3. The van der Waals surface area contributed by atoms with Crippen molar-refractivity contribution < 1.29 is 8.42 Å². The fourth-order valence-corrected chi connectivity index (χ4v) is 1.51. The van der Waals surface area contributed by atoms with Crippen LogP contribution >= 0.6 is 0 Å². The van der Waals surface area contributed by atoms with Crippen molar-refractivity contribution in [1.82, 2.24) is 0 Å². The zero-order valence-corrected chi connectivity index (χ0v) is 8.35. The number of anilines is 2. The van der Waals surface area contributed by atoms with Gasteiger partial charge < -0.3 is 5.32 Å². The molecule has 0 amide bonds. The number of hydrogen-bond acceptors (Lipinski definition) is 3. The highest BCUT2D eigenvalue weighted by molar-refractivity contribution is 8.13. The molecule has 0 bridgehead atoms. The van der Waals surface area contributed by atoms with Gasteiger partial charge in [0.25, 0.3) is 7.12 Å². The summed E-state index contributed by atoms with van der Waals surface area (Å²) in [7, 11) is -0.279. The third kappa shape index (κ3) is 3.37. The Morgan fingerprint density at radius 2 is 1.92 bits per heavy atom. The predicted octanol–water partition coefficient (Wildman–Crippen LogP) is 0.0181. The van der Waals surface area contributed by atoms with Gasteiger partial charge in [-0.2, -0.15) is 0 Å². The minimum absolute atomic E-state index is 0.564. The maximum absolute atomic E-state index is 10.9. The maximum atomic E-state index is 10.9. The van der Waals surface area contributed by atoms with Gasteiger partial charge in [0.1, 0.15) is 0 Å². The first-order chi connectivity index (χ1) is 6.01. The summed E-state index contributed by atoms with van der Waals surface area (Å²) in [6.07, 6.45) is 0. The fourth-order valence-electron chi connectivity index (χ4n) is 0.952. The smallest absolute Gasteiger partial charge is 0.282 e. The van der Waals surface area contributed by atoms with Gasteiger partial charge in [-0.05, 0) is 18.2 Å². The van der Waals surface area contributed by atoms with Crippen LogP contribution in [0.15, 0.2) is 24.3 Å². The van der Waals surface area contributed by atoms with E-state index < -0.39 is 9.87 Å². The van der Waals surface area contributed by atoms with Gasteiger partial charge in [0, 0.05) is 18.4 Å². The van der Waals surface area contributed by atoms with Crippen molar-refractivity contribution >= 4 is 28.4 Å². The third-order valence-corrected chi connectivity index (χ3v) is 2.06. The standard InChI is InChI=1S/C7H11BN2O2S/c1-9-6-3-2-4-7(5-6)10-13(8,11)12/h2-5,9-10H,8H2,1H3. The molecule has 2 N–H and O–H groups in total. The van der Waals surface area contributed by atoms with Gasteiger partial charge in [0.2, 0.25) is 0 Å². The van der Waals surface area contributed by atoms with Crippen LogP contribution in [0.2, 0.25) is 0 Å². The molecule has 4 nitrogen and oxygen atoms in total. The summed E-state index contributed by atoms with van der Waals surface area (Å²) in [4.78, 5) is 0. The lowest BCUT2D eigenvalue weighted by Gasteiger charge is -2.05. The van der Waals surface area contributed by atoms with Crippen LogP contribution in [0, 0.1) is 0 Å². The van der Waals surface area contributed by atoms with Crippen LogP contribution in [0.5, 0.6) is 0 Å². The summed E-state index contributed by atoms with van der Waals surface area (Å²) in [5.74, 6) is 0. The molecule has 13 heavy (non-hydrogen) atoms. The van der Waals surface area contributed by atoms with Crippen LogP contribution < -0.4 is 10.0 Å². The van der Waals surface area contributed by atoms with Crippen molar-refractivity contribution in [3.05, 3.63) is 24.3 Å². The Morgan fingerprint density at radius 1 is 1.31 bits per heavy atom. The Morgan fingerprint density at radius 3 is 2.46 bits per heavy atom. The molecule has 1 rings (SSSR count). The molecule has 0 aliphatic carbocycles. The highest BCUT2D eigenvalue weighted by atomic mass is 32.2. The number of rotatable bonds is 3. The monoisotopic (exact) mass is 198 g/mol. The van der Waals surface area contributed by atoms with Crippen LogP contribution in [-0.4, -0.2) is 22.6 Å². The van der Waals surface area contributed by atoms with E-state index in [0.29, 0.717) is 5.69 Å². The largest absolute Gasteiger partial charge is 0.388 e. The van der Waals surface area contributed by atoms with Gasteiger partial charge in [0.05, 0.1) is 0 Å². The summed E-state index contributed by atoms with van der Waals surface area (Å²) in [6.45, 7) is 0. The van der Waals surface area contributed by atoms with Crippen molar-refractivity contribution in [2.24, 2.45) is 0 Å². The van der Waals surface area contributed by atoms with Crippen molar-refractivity contribution in [3.8, 4) is 0 Å². The molecular formula is C7H11BN2O2S. The number of nitrogens with one attached hydrogen (secondary N) is 2. The van der Waals surface area contributed by atoms with E-state index in [-0.39, 0.29) is 0 Å². The highest BCUT2D eigenvalue weighted by Gasteiger charge is 2.01. The molecule has 6 heteroatoms. The summed E-state index contributed by atoms with van der Waals surface area (Å²) in [6, 6.07) is 7.05. The Labute approximate surface area is 78.7 Å². The second kappa shape index (κ2) is 3.70. The molecule has 0 saturated heterocycles. The molecular weight excluding hydrogens is 187 g/mol. The van der Waals surface area contributed by atoms with Crippen LogP contribution in [0.4, 0.5) is 11.4 Å². The van der Waals surface area contributed by atoms with Crippen LogP contribution in [0.1, 0.15) is 0 Å². The molecule has 0 aromatic heterocycles. The second-order valence-corrected chi connectivity index (χ2v) is 4.45. The first kappa shape index (κ1) is 9.92. The maximum Gasteiger partial charge on any atom is 0.282 e. The van der Waals surface area contributed by atoms with Crippen molar-refractivity contribution in [3.63, 3.8) is 0 Å². The summed E-state index contributed by atoms with van der Waals surface area (Å²) >= 11 is 0. The van der Waals surface area contributed by atoms with E-state index in [9.17, 15) is 8.42 Å². The van der Waals surface area contributed by atoms with Crippen LogP contribution in [0.25, 0.3) is 0 Å². The van der Waals surface area contributed by atoms with Crippen LogP contribution in [-0.2, 0) is 9.87 Å². The molecule has 0 spiro atoms. The average Bonchev–Trinajstić information content (AvgIpc) is 2.01. The fraction of sp³-hybridized carbons (Fsp3) is 0.143. The van der Waals surface area contributed by atoms with Crippen molar-refractivity contribution in [1.29, 1.82) is 0 Å². The minimum atomic E-state index is -3.18. The summed E-state index contributed by atoms with van der Waals surface area (Å²) in [5, 5.41) is 2.92. The van der Waals surface area contributed by atoms with E-state index in [1.165, 1.54) is 0 Å². The van der Waals surface area contributed by atoms with E-state index in [2.05, 4.69) is 10.0 Å². The molecule has 0 radical (unpaired) electrons. The molecule has 0 aliphatic heterocycles. The molecule has 0 unspecified atom stereocenters. The highest BCUT2D eigenvalue weighted by Crippen LogP contribution is 2.14. The Bertz CT molecular complexity index is 391. The lowest BCUT2D eigenvalue weighted by molar-refractivity contribution is 0.614. The predicted molar refractivity (Wildman–Crippen MR) is 57.1 cm³/mol. The molecule has 0 heterocycles. The quantitative estimate of drug-likeness (QED) is 0.673. The molecule has 0 aliphatic rings. The van der Waals surface area contributed by atoms with Gasteiger partial charge >= 0.3 is 0 Å². The number of hydrogen-bond donors (Lipinski definition) is 2. The molecule has 1 aromatic rings. The van der Waals surface area contributed by atoms with E-state index in [4.69, 9.17) is 0 Å². The molecule has 1 aromatic carbocycles. The zero-order valence-electron chi connectivity index (χ0n) is 7.53. The van der Waals surface area contributed by atoms with Gasteiger partial charge in [-0.3, -0.25) is 4.72 Å². The second-order valence-electron chi connectivity index (χ2n) is 2.71. The average molecular weight is 198 g/mol. The van der Waals surface area contributed by atoms with E-state index in [1.54, 1.807) is 25.2 Å². The molecule has 0 atom stereocenters. The van der Waals surface area contributed by atoms with E-state index in [1.807, 2.05) is 6.07 Å². The van der Waals surface area contributed by atoms with E-state index in [0.717, 1.165) is 12.8 Å². The molecule has 70 valence electrons. The minimum Gasteiger partial charge on any atom is -0.388 e. The topological polar surface area (TPSA) is 58.2 Å². The Hall–Kier alpha value is -1.17. The summed E-state index contributed by atoms with van der Waals surface area (Å²) < 4.78 is 24.1. The SMILES string of the molecule is BS(=O)(=O)Nc1cccc(NC)c1. The Kier molecular flexibility index (Phi) is 2.82. The normalized spacial score (nSPS) is 10.8. The third-order valence-electron chi connectivity index (χ3n) is 1.45. The zero-order chi connectivity index (χ0) is 9.90. The van der Waals surface area contributed by atoms with E-state index >= 15 is 0 Å².